The number of halogens is 1. The van der Waals surface area contributed by atoms with Gasteiger partial charge in [0.25, 0.3) is 0 Å². The van der Waals surface area contributed by atoms with E-state index < -0.39 is 6.04 Å². The Morgan fingerprint density at radius 1 is 1.47 bits per heavy atom. The molecule has 1 atom stereocenters. The number of carbonyl (C=O) groups excluding carboxylic acids is 2. The molecule has 0 spiro atoms. The van der Waals surface area contributed by atoms with Crippen LogP contribution >= 0.6 is 11.6 Å². The first kappa shape index (κ1) is 11.7. The van der Waals surface area contributed by atoms with Gasteiger partial charge in [0, 0.05) is 0 Å². The number of Topliss-reactive ketones (excluding diaryl/α,β-unsaturated/α-hetero) is 1. The van der Waals surface area contributed by atoms with E-state index in [1.165, 1.54) is 11.8 Å². The third kappa shape index (κ3) is 2.57. The second-order valence-electron chi connectivity index (χ2n) is 3.25. The van der Waals surface area contributed by atoms with Crippen LogP contribution in [0.3, 0.4) is 0 Å². The number of carbonyl (C=O) groups is 2. The highest BCUT2D eigenvalue weighted by Crippen LogP contribution is 2.25. The molecule has 0 saturated carbocycles. The maximum absolute atomic E-state index is 11.2. The number of amides is 1. The van der Waals surface area contributed by atoms with Crippen molar-refractivity contribution in [3.63, 3.8) is 0 Å². The zero-order chi connectivity index (χ0) is 11.4. The summed E-state index contributed by atoms with van der Waals surface area (Å²) in [6, 6.07) is 6.43. The van der Waals surface area contributed by atoms with Crippen LogP contribution in [0.15, 0.2) is 24.3 Å². The minimum Gasteiger partial charge on any atom is -0.303 e. The third-order valence-electron chi connectivity index (χ3n) is 2.25. The molecule has 0 N–H and O–H groups in total. The fourth-order valence-corrected chi connectivity index (χ4v) is 1.45. The largest absolute Gasteiger partial charge is 0.303 e. The smallest absolute Gasteiger partial charge is 0.214 e. The topological polar surface area (TPSA) is 37.4 Å². The molecule has 0 fully saturated rings. The Morgan fingerprint density at radius 2 is 2.07 bits per heavy atom. The zero-order valence-electron chi connectivity index (χ0n) is 8.61. The first-order valence-corrected chi connectivity index (χ1v) is 4.94. The Bertz CT molecular complexity index is 379. The molecule has 0 aliphatic carbocycles. The molecule has 4 heteroatoms. The Labute approximate surface area is 93.6 Å². The second kappa shape index (κ2) is 4.94. The van der Waals surface area contributed by atoms with Crippen LogP contribution in [0.25, 0.3) is 0 Å². The lowest BCUT2D eigenvalue weighted by Gasteiger charge is -2.23. The van der Waals surface area contributed by atoms with E-state index in [1.54, 1.807) is 31.2 Å². The number of nitrogens with zero attached hydrogens (tertiary/aromatic N) is 1. The monoisotopic (exact) mass is 225 g/mol. The van der Waals surface area contributed by atoms with Gasteiger partial charge in [-0.05, 0) is 26.0 Å². The van der Waals surface area contributed by atoms with Gasteiger partial charge in [-0.2, -0.15) is 0 Å². The van der Waals surface area contributed by atoms with Crippen LogP contribution in [-0.4, -0.2) is 18.2 Å². The Balaban J connectivity index is 3.08. The fourth-order valence-electron chi connectivity index (χ4n) is 1.21. The van der Waals surface area contributed by atoms with E-state index in [1.807, 2.05) is 0 Å². The van der Waals surface area contributed by atoms with E-state index >= 15 is 0 Å². The first-order chi connectivity index (χ1) is 7.07. The highest BCUT2D eigenvalue weighted by atomic mass is 35.5. The van der Waals surface area contributed by atoms with E-state index in [-0.39, 0.29) is 5.78 Å². The predicted molar refractivity (Wildman–Crippen MR) is 60.1 cm³/mol. The summed E-state index contributed by atoms with van der Waals surface area (Å²) in [6.45, 7) is 3.11. The van der Waals surface area contributed by atoms with E-state index in [4.69, 9.17) is 11.6 Å². The summed E-state index contributed by atoms with van der Waals surface area (Å²) in [4.78, 5) is 23.4. The van der Waals surface area contributed by atoms with Gasteiger partial charge >= 0.3 is 0 Å². The van der Waals surface area contributed by atoms with Crippen molar-refractivity contribution in [1.29, 1.82) is 0 Å². The summed E-state index contributed by atoms with van der Waals surface area (Å²) in [6.07, 6.45) is 0.618. The molecule has 0 radical (unpaired) electrons. The van der Waals surface area contributed by atoms with Gasteiger partial charge in [-0.15, -0.1) is 0 Å². The van der Waals surface area contributed by atoms with Gasteiger partial charge in [0.15, 0.2) is 5.78 Å². The second-order valence-corrected chi connectivity index (χ2v) is 3.66. The summed E-state index contributed by atoms with van der Waals surface area (Å²) in [5, 5.41) is 0.456. The standard InChI is InChI=1S/C11H12ClNO2/c1-8(9(2)15)13(7-14)11-6-4-3-5-10(11)12/h3-8H,1-2H3. The highest BCUT2D eigenvalue weighted by molar-refractivity contribution is 6.33. The summed E-state index contributed by atoms with van der Waals surface area (Å²) in [5.74, 6) is -0.0815. The quantitative estimate of drug-likeness (QED) is 0.738. The lowest BCUT2D eigenvalue weighted by Crippen LogP contribution is -2.37. The molecule has 1 aromatic rings. The number of para-hydroxylation sites is 1. The van der Waals surface area contributed by atoms with Crippen LogP contribution in [0.4, 0.5) is 5.69 Å². The average molecular weight is 226 g/mol. The van der Waals surface area contributed by atoms with Crippen molar-refractivity contribution in [2.45, 2.75) is 19.9 Å². The van der Waals surface area contributed by atoms with E-state index in [0.717, 1.165) is 0 Å². The van der Waals surface area contributed by atoms with Gasteiger partial charge < -0.3 is 4.90 Å². The molecule has 0 aromatic heterocycles. The van der Waals surface area contributed by atoms with E-state index in [2.05, 4.69) is 0 Å². The van der Waals surface area contributed by atoms with Crippen LogP contribution in [0.5, 0.6) is 0 Å². The number of ketones is 1. The van der Waals surface area contributed by atoms with E-state index in [0.29, 0.717) is 17.1 Å². The number of rotatable bonds is 4. The molecule has 1 amide bonds. The van der Waals surface area contributed by atoms with Crippen molar-refractivity contribution >= 4 is 29.5 Å². The minimum absolute atomic E-state index is 0.0815. The maximum atomic E-state index is 11.2. The molecule has 0 aliphatic heterocycles. The summed E-state index contributed by atoms with van der Waals surface area (Å²) in [7, 11) is 0. The van der Waals surface area contributed by atoms with Crippen molar-refractivity contribution in [2.75, 3.05) is 4.90 Å². The Morgan fingerprint density at radius 3 is 2.53 bits per heavy atom. The average Bonchev–Trinajstić information content (AvgIpc) is 2.21. The predicted octanol–water partition coefficient (Wildman–Crippen LogP) is 2.28. The molecule has 1 aromatic carbocycles. The summed E-state index contributed by atoms with van der Waals surface area (Å²) >= 11 is 5.93. The Kier molecular flexibility index (Phi) is 3.86. The fraction of sp³-hybridized carbons (Fsp3) is 0.273. The van der Waals surface area contributed by atoms with Crippen molar-refractivity contribution < 1.29 is 9.59 Å². The third-order valence-corrected chi connectivity index (χ3v) is 2.57. The van der Waals surface area contributed by atoms with Gasteiger partial charge in [-0.3, -0.25) is 9.59 Å². The molecule has 80 valence electrons. The summed E-state index contributed by atoms with van der Waals surface area (Å²) < 4.78 is 0. The van der Waals surface area contributed by atoms with Crippen LogP contribution in [0, 0.1) is 0 Å². The van der Waals surface area contributed by atoms with Gasteiger partial charge in [0.1, 0.15) is 0 Å². The first-order valence-electron chi connectivity index (χ1n) is 4.56. The molecule has 0 aliphatic rings. The molecule has 0 heterocycles. The van der Waals surface area contributed by atoms with Crippen LogP contribution in [0.2, 0.25) is 5.02 Å². The van der Waals surface area contributed by atoms with Crippen molar-refractivity contribution in [1.82, 2.24) is 0 Å². The molecule has 3 nitrogen and oxygen atoms in total. The minimum atomic E-state index is -0.498. The van der Waals surface area contributed by atoms with Gasteiger partial charge in [0.05, 0.1) is 16.8 Å². The molecule has 0 bridgehead atoms. The molecule has 1 unspecified atom stereocenters. The number of hydrogen-bond acceptors (Lipinski definition) is 2. The zero-order valence-corrected chi connectivity index (χ0v) is 9.36. The Hall–Kier alpha value is -1.35. The van der Waals surface area contributed by atoms with Crippen molar-refractivity contribution in [3.05, 3.63) is 29.3 Å². The van der Waals surface area contributed by atoms with Crippen LogP contribution in [0.1, 0.15) is 13.8 Å². The van der Waals surface area contributed by atoms with Crippen LogP contribution in [-0.2, 0) is 9.59 Å². The molecule has 15 heavy (non-hydrogen) atoms. The summed E-state index contributed by atoms with van der Waals surface area (Å²) in [5.41, 5.74) is 0.553. The molecule has 1 rings (SSSR count). The molecular weight excluding hydrogens is 214 g/mol. The molecule has 0 saturated heterocycles. The maximum Gasteiger partial charge on any atom is 0.214 e. The normalized spacial score (nSPS) is 11.9. The molecular formula is C11H12ClNO2. The van der Waals surface area contributed by atoms with E-state index in [9.17, 15) is 9.59 Å². The number of benzene rings is 1. The number of anilines is 1. The highest BCUT2D eigenvalue weighted by Gasteiger charge is 2.19. The van der Waals surface area contributed by atoms with Crippen molar-refractivity contribution in [3.8, 4) is 0 Å². The lowest BCUT2D eigenvalue weighted by atomic mass is 10.2. The van der Waals surface area contributed by atoms with Crippen LogP contribution < -0.4 is 4.90 Å². The lowest BCUT2D eigenvalue weighted by molar-refractivity contribution is -0.119. The van der Waals surface area contributed by atoms with Gasteiger partial charge in [-0.25, -0.2) is 0 Å². The van der Waals surface area contributed by atoms with Gasteiger partial charge in [0.2, 0.25) is 6.41 Å². The van der Waals surface area contributed by atoms with Crippen molar-refractivity contribution in [2.24, 2.45) is 0 Å². The number of hydrogen-bond donors (Lipinski definition) is 0. The van der Waals surface area contributed by atoms with Gasteiger partial charge in [-0.1, -0.05) is 23.7 Å². The SMILES string of the molecule is CC(=O)C(C)N(C=O)c1ccccc1Cl.